The Kier molecular flexibility index (Phi) is 6.70. The van der Waals surface area contributed by atoms with Gasteiger partial charge in [-0.05, 0) is 48.2 Å². The van der Waals surface area contributed by atoms with Crippen molar-refractivity contribution < 1.29 is 4.74 Å². The highest BCUT2D eigenvalue weighted by Crippen LogP contribution is 2.37. The van der Waals surface area contributed by atoms with Crippen LogP contribution in [-0.2, 0) is 0 Å². The van der Waals surface area contributed by atoms with E-state index in [2.05, 4.69) is 12.3 Å². The summed E-state index contributed by atoms with van der Waals surface area (Å²) < 4.78 is 5.13. The van der Waals surface area contributed by atoms with Crippen molar-refractivity contribution in [3.8, 4) is 11.2 Å². The summed E-state index contributed by atoms with van der Waals surface area (Å²) >= 11 is 13.5. The predicted octanol–water partition coefficient (Wildman–Crippen LogP) is 5.10. The Hall–Kier alpha value is -0.560. The monoisotopic (exact) mass is 303 g/mol. The van der Waals surface area contributed by atoms with Gasteiger partial charge in [0.1, 0.15) is 5.40 Å². The van der Waals surface area contributed by atoms with E-state index in [4.69, 9.17) is 33.2 Å². The van der Waals surface area contributed by atoms with Gasteiger partial charge in [-0.25, -0.2) is 0 Å². The molecule has 0 fully saturated rings. The third-order valence-electron chi connectivity index (χ3n) is 2.82. The fraction of sp³-hybridized carbons (Fsp3) is 0.462. The van der Waals surface area contributed by atoms with E-state index in [1.165, 1.54) is 11.8 Å². The summed E-state index contributed by atoms with van der Waals surface area (Å²) in [4.78, 5) is 0. The molecule has 0 amide bonds. The van der Waals surface area contributed by atoms with Crippen molar-refractivity contribution in [2.75, 3.05) is 12.9 Å². The van der Waals surface area contributed by atoms with Crippen molar-refractivity contribution in [1.82, 2.24) is 0 Å². The third kappa shape index (κ3) is 3.98. The number of rotatable bonds is 6. The van der Waals surface area contributed by atoms with E-state index >= 15 is 0 Å². The third-order valence-corrected chi connectivity index (χ3v) is 3.95. The minimum atomic E-state index is 0.367. The molecule has 0 aromatic heterocycles. The lowest BCUT2D eigenvalue weighted by Crippen LogP contribution is -2.00. The average Bonchev–Trinajstić information content (AvgIpc) is 2.34. The molecule has 0 heterocycles. The van der Waals surface area contributed by atoms with Crippen LogP contribution in [0.5, 0.6) is 5.75 Å². The van der Waals surface area contributed by atoms with Gasteiger partial charge in [0.2, 0.25) is 0 Å². The summed E-state index contributed by atoms with van der Waals surface area (Å²) in [5, 5.41) is 11.7. The van der Waals surface area contributed by atoms with Gasteiger partial charge in [-0.1, -0.05) is 30.1 Å². The maximum absolute atomic E-state index is 8.53. The first kappa shape index (κ1) is 15.5. The Morgan fingerprint density at radius 3 is 2.44 bits per heavy atom. The fourth-order valence-corrected chi connectivity index (χ4v) is 3.02. The normalized spacial score (nSPS) is 11.9. The number of hydrogen-bond acceptors (Lipinski definition) is 3. The van der Waals surface area contributed by atoms with Crippen LogP contribution >= 0.6 is 35.0 Å². The van der Waals surface area contributed by atoms with Gasteiger partial charge in [0.25, 0.3) is 0 Å². The number of halogens is 2. The lowest BCUT2D eigenvalue weighted by molar-refractivity contribution is 0.415. The van der Waals surface area contributed by atoms with E-state index < -0.39 is 0 Å². The number of methoxy groups -OCH3 is 1. The van der Waals surface area contributed by atoms with Crippen LogP contribution < -0.4 is 4.74 Å². The zero-order valence-corrected chi connectivity index (χ0v) is 12.7. The summed E-state index contributed by atoms with van der Waals surface area (Å²) in [6.07, 6.45) is 1.93. The minimum Gasteiger partial charge on any atom is -0.494 e. The van der Waals surface area contributed by atoms with Crippen molar-refractivity contribution in [1.29, 1.82) is 5.26 Å². The van der Waals surface area contributed by atoms with Gasteiger partial charge in [-0.2, -0.15) is 5.26 Å². The van der Waals surface area contributed by atoms with Gasteiger partial charge in [-0.15, -0.1) is 0 Å². The topological polar surface area (TPSA) is 33.0 Å². The standard InChI is InChI=1S/C13H15Cl2NOS/c1-3-9(4-5-18-8-16)10-6-11(14)13(17-2)12(15)7-10/h6-7,9H,3-5H2,1-2H3. The first-order valence-electron chi connectivity index (χ1n) is 5.67. The van der Waals surface area contributed by atoms with Crippen LogP contribution in [0.1, 0.15) is 31.2 Å². The Labute approximate surface area is 122 Å². The molecule has 1 atom stereocenters. The molecule has 0 aliphatic carbocycles. The van der Waals surface area contributed by atoms with E-state index in [0.29, 0.717) is 21.7 Å². The summed E-state index contributed by atoms with van der Waals surface area (Å²) in [5.74, 6) is 1.70. The second-order valence-corrected chi connectivity index (χ2v) is 5.55. The van der Waals surface area contributed by atoms with Gasteiger partial charge in [0.15, 0.2) is 5.75 Å². The van der Waals surface area contributed by atoms with Crippen molar-refractivity contribution in [3.63, 3.8) is 0 Å². The molecule has 0 bridgehead atoms. The van der Waals surface area contributed by atoms with Crippen molar-refractivity contribution in [2.24, 2.45) is 0 Å². The summed E-state index contributed by atoms with van der Waals surface area (Å²) in [5.41, 5.74) is 1.10. The van der Waals surface area contributed by atoms with Gasteiger partial charge in [0.05, 0.1) is 17.2 Å². The maximum Gasteiger partial charge on any atom is 0.156 e. The van der Waals surface area contributed by atoms with Crippen LogP contribution in [0.25, 0.3) is 0 Å². The minimum absolute atomic E-state index is 0.367. The highest BCUT2D eigenvalue weighted by Gasteiger charge is 2.14. The van der Waals surface area contributed by atoms with Gasteiger partial charge in [-0.3, -0.25) is 0 Å². The molecule has 18 heavy (non-hydrogen) atoms. The zero-order valence-electron chi connectivity index (χ0n) is 10.4. The lowest BCUT2D eigenvalue weighted by atomic mass is 9.94. The quantitative estimate of drug-likeness (QED) is 0.541. The molecule has 0 radical (unpaired) electrons. The second kappa shape index (κ2) is 7.78. The summed E-state index contributed by atoms with van der Waals surface area (Å²) in [6, 6.07) is 3.80. The SMILES string of the molecule is CCC(CCSC#N)c1cc(Cl)c(OC)c(Cl)c1. The molecule has 1 aromatic rings. The van der Waals surface area contributed by atoms with E-state index in [0.717, 1.165) is 24.2 Å². The fourth-order valence-electron chi connectivity index (χ4n) is 1.86. The molecule has 0 N–H and O–H groups in total. The van der Waals surface area contributed by atoms with Crippen LogP contribution in [-0.4, -0.2) is 12.9 Å². The van der Waals surface area contributed by atoms with Gasteiger partial charge < -0.3 is 4.74 Å². The van der Waals surface area contributed by atoms with E-state index in [9.17, 15) is 0 Å². The number of thioether (sulfide) groups is 1. The number of ether oxygens (including phenoxy) is 1. The van der Waals surface area contributed by atoms with E-state index in [1.54, 1.807) is 7.11 Å². The van der Waals surface area contributed by atoms with Crippen LogP contribution in [0, 0.1) is 10.7 Å². The molecule has 1 aromatic carbocycles. The highest BCUT2D eigenvalue weighted by molar-refractivity contribution is 8.03. The largest absolute Gasteiger partial charge is 0.494 e. The molecular weight excluding hydrogens is 289 g/mol. The van der Waals surface area contributed by atoms with E-state index in [-0.39, 0.29) is 0 Å². The number of nitrogens with zero attached hydrogens (tertiary/aromatic N) is 1. The van der Waals surface area contributed by atoms with Crippen LogP contribution in [0.3, 0.4) is 0 Å². The highest BCUT2D eigenvalue weighted by atomic mass is 35.5. The van der Waals surface area contributed by atoms with Gasteiger partial charge in [0, 0.05) is 5.75 Å². The molecule has 5 heteroatoms. The molecule has 0 saturated heterocycles. The Morgan fingerprint density at radius 1 is 1.39 bits per heavy atom. The van der Waals surface area contributed by atoms with Crippen molar-refractivity contribution in [3.05, 3.63) is 27.7 Å². The van der Waals surface area contributed by atoms with Crippen LogP contribution in [0.4, 0.5) is 0 Å². The lowest BCUT2D eigenvalue weighted by Gasteiger charge is -2.16. The maximum atomic E-state index is 8.53. The number of thiocyanates is 1. The smallest absolute Gasteiger partial charge is 0.156 e. The average molecular weight is 304 g/mol. The molecular formula is C13H15Cl2NOS. The molecule has 2 nitrogen and oxygen atoms in total. The first-order chi connectivity index (χ1) is 8.63. The molecule has 0 aliphatic rings. The molecule has 1 unspecified atom stereocenters. The number of nitriles is 1. The van der Waals surface area contributed by atoms with Crippen molar-refractivity contribution in [2.45, 2.75) is 25.7 Å². The summed E-state index contributed by atoms with van der Waals surface area (Å²) in [6.45, 7) is 2.12. The molecule has 0 saturated carbocycles. The number of benzene rings is 1. The first-order valence-corrected chi connectivity index (χ1v) is 7.42. The Balaban J connectivity index is 2.90. The zero-order chi connectivity index (χ0) is 13.5. The van der Waals surface area contributed by atoms with Gasteiger partial charge >= 0.3 is 0 Å². The summed E-state index contributed by atoms with van der Waals surface area (Å²) in [7, 11) is 1.55. The molecule has 1 rings (SSSR count). The Bertz CT molecular complexity index is 422. The predicted molar refractivity (Wildman–Crippen MR) is 78.7 cm³/mol. The second-order valence-electron chi connectivity index (χ2n) is 3.85. The van der Waals surface area contributed by atoms with Crippen molar-refractivity contribution >= 4 is 35.0 Å². The van der Waals surface area contributed by atoms with E-state index in [1.807, 2.05) is 12.1 Å². The number of hydrogen-bond donors (Lipinski definition) is 0. The Morgan fingerprint density at radius 2 is 2.00 bits per heavy atom. The molecule has 98 valence electrons. The molecule has 0 aliphatic heterocycles. The molecule has 0 spiro atoms. The van der Waals surface area contributed by atoms with Crippen LogP contribution in [0.2, 0.25) is 10.0 Å². The van der Waals surface area contributed by atoms with Crippen LogP contribution in [0.15, 0.2) is 12.1 Å².